The number of aryl methyl sites for hydroxylation is 1. The third-order valence-electron chi connectivity index (χ3n) is 5.15. The van der Waals surface area contributed by atoms with Gasteiger partial charge in [-0.25, -0.2) is 8.42 Å². The largest absolute Gasteiger partial charge is 0.495 e. The summed E-state index contributed by atoms with van der Waals surface area (Å²) >= 11 is 0. The molecule has 1 amide bonds. The number of hydrogen-bond acceptors (Lipinski definition) is 4. The van der Waals surface area contributed by atoms with E-state index in [1.54, 1.807) is 19.1 Å². The van der Waals surface area contributed by atoms with Crippen molar-refractivity contribution in [2.75, 3.05) is 25.5 Å². The molecule has 31 heavy (non-hydrogen) atoms. The highest BCUT2D eigenvalue weighted by Crippen LogP contribution is 2.32. The summed E-state index contributed by atoms with van der Waals surface area (Å²) in [6.45, 7) is 1.94. The normalized spacial score (nSPS) is 17.9. The van der Waals surface area contributed by atoms with Crippen LogP contribution in [0.15, 0.2) is 47.4 Å². The Balaban J connectivity index is 1.78. The first-order valence-electron chi connectivity index (χ1n) is 9.65. The van der Waals surface area contributed by atoms with E-state index in [4.69, 9.17) is 4.74 Å². The lowest BCUT2D eigenvalue weighted by Gasteiger charge is -2.31. The molecule has 1 aliphatic rings. The van der Waals surface area contributed by atoms with Gasteiger partial charge in [-0.3, -0.25) is 4.79 Å². The van der Waals surface area contributed by atoms with E-state index in [0.29, 0.717) is 12.8 Å². The summed E-state index contributed by atoms with van der Waals surface area (Å²) in [5, 5.41) is 2.48. The summed E-state index contributed by atoms with van der Waals surface area (Å²) in [4.78, 5) is 12.7. The van der Waals surface area contributed by atoms with Crippen molar-refractivity contribution < 1.29 is 31.1 Å². The van der Waals surface area contributed by atoms with Crippen LogP contribution in [-0.4, -0.2) is 38.8 Å². The molecule has 0 aliphatic carbocycles. The molecule has 0 unspecified atom stereocenters. The third-order valence-corrected chi connectivity index (χ3v) is 7.04. The van der Waals surface area contributed by atoms with E-state index < -0.39 is 33.6 Å². The Kier molecular flexibility index (Phi) is 6.61. The van der Waals surface area contributed by atoms with Gasteiger partial charge in [0.1, 0.15) is 10.6 Å². The molecule has 1 saturated heterocycles. The lowest BCUT2D eigenvalue weighted by molar-refractivity contribution is -0.137. The monoisotopic (exact) mass is 456 g/mol. The average molecular weight is 456 g/mol. The van der Waals surface area contributed by atoms with Crippen LogP contribution in [0.2, 0.25) is 0 Å². The van der Waals surface area contributed by atoms with Gasteiger partial charge in [-0.15, -0.1) is 0 Å². The number of hydrogen-bond donors (Lipinski definition) is 1. The highest BCUT2D eigenvalue weighted by Gasteiger charge is 2.35. The molecular weight excluding hydrogens is 433 g/mol. The topological polar surface area (TPSA) is 75.7 Å². The van der Waals surface area contributed by atoms with Gasteiger partial charge >= 0.3 is 6.18 Å². The second kappa shape index (κ2) is 8.88. The number of sulfonamides is 1. The van der Waals surface area contributed by atoms with Crippen LogP contribution in [-0.2, 0) is 21.0 Å². The number of methoxy groups -OCH3 is 1. The number of carbonyl (C=O) groups is 1. The summed E-state index contributed by atoms with van der Waals surface area (Å²) in [6.07, 6.45) is -3.64. The van der Waals surface area contributed by atoms with Crippen LogP contribution in [0, 0.1) is 12.8 Å². The van der Waals surface area contributed by atoms with Crippen molar-refractivity contribution in [3.05, 3.63) is 53.6 Å². The van der Waals surface area contributed by atoms with Crippen molar-refractivity contribution in [1.82, 2.24) is 4.31 Å². The first-order valence-corrected chi connectivity index (χ1v) is 11.1. The average Bonchev–Trinajstić information content (AvgIpc) is 2.73. The first kappa shape index (κ1) is 23.1. The molecule has 1 fully saturated rings. The fourth-order valence-electron chi connectivity index (χ4n) is 3.52. The molecule has 2 aromatic rings. The minimum absolute atomic E-state index is 0.0140. The Morgan fingerprint density at radius 1 is 1.19 bits per heavy atom. The van der Waals surface area contributed by atoms with E-state index in [0.717, 1.165) is 17.7 Å². The van der Waals surface area contributed by atoms with E-state index in [9.17, 15) is 26.4 Å². The number of carbonyl (C=O) groups excluding carboxylic acids is 1. The number of benzene rings is 2. The predicted molar refractivity (Wildman–Crippen MR) is 109 cm³/mol. The van der Waals surface area contributed by atoms with Crippen molar-refractivity contribution in [1.29, 1.82) is 0 Å². The van der Waals surface area contributed by atoms with E-state index in [1.165, 1.54) is 29.6 Å². The highest BCUT2D eigenvalue weighted by molar-refractivity contribution is 7.89. The lowest BCUT2D eigenvalue weighted by Crippen LogP contribution is -2.43. The van der Waals surface area contributed by atoms with Gasteiger partial charge in [0.2, 0.25) is 15.9 Å². The fourth-order valence-corrected chi connectivity index (χ4v) is 5.28. The fraction of sp³-hybridized carbons (Fsp3) is 0.381. The number of halogens is 3. The molecule has 0 spiro atoms. The van der Waals surface area contributed by atoms with Crippen molar-refractivity contribution in [2.45, 2.75) is 30.8 Å². The number of piperidine rings is 1. The molecule has 1 aliphatic heterocycles. The number of nitrogens with zero attached hydrogens (tertiary/aromatic N) is 1. The summed E-state index contributed by atoms with van der Waals surface area (Å²) in [7, 11) is -2.53. The van der Waals surface area contributed by atoms with Crippen molar-refractivity contribution in [2.24, 2.45) is 5.92 Å². The van der Waals surface area contributed by atoms with Gasteiger partial charge in [0.15, 0.2) is 0 Å². The van der Waals surface area contributed by atoms with Crippen LogP contribution in [0.25, 0.3) is 0 Å². The quantitative estimate of drug-likeness (QED) is 0.736. The Labute approximate surface area is 179 Å². The Morgan fingerprint density at radius 3 is 2.61 bits per heavy atom. The van der Waals surface area contributed by atoms with Crippen LogP contribution < -0.4 is 10.1 Å². The van der Waals surface area contributed by atoms with Gasteiger partial charge in [0.05, 0.1) is 18.6 Å². The SMILES string of the molecule is COc1ccc(C)cc1S(=O)(=O)N1CCC[C@H](C(=O)Nc2cccc(C(F)(F)F)c2)C1. The summed E-state index contributed by atoms with van der Waals surface area (Å²) in [6, 6.07) is 9.17. The highest BCUT2D eigenvalue weighted by atomic mass is 32.2. The van der Waals surface area contributed by atoms with Crippen molar-refractivity contribution in [3.63, 3.8) is 0 Å². The third kappa shape index (κ3) is 5.19. The molecule has 0 bridgehead atoms. The minimum atomic E-state index is -4.52. The predicted octanol–water partition coefficient (Wildman–Crippen LogP) is 4.06. The maximum Gasteiger partial charge on any atom is 0.416 e. The molecule has 1 atom stereocenters. The molecule has 0 radical (unpaired) electrons. The van der Waals surface area contributed by atoms with E-state index in [1.807, 2.05) is 0 Å². The van der Waals surface area contributed by atoms with Crippen molar-refractivity contribution >= 4 is 21.6 Å². The molecule has 168 valence electrons. The van der Waals surface area contributed by atoms with Crippen molar-refractivity contribution in [3.8, 4) is 5.75 Å². The van der Waals surface area contributed by atoms with E-state index in [2.05, 4.69) is 5.32 Å². The minimum Gasteiger partial charge on any atom is -0.495 e. The van der Waals surface area contributed by atoms with Gasteiger partial charge < -0.3 is 10.1 Å². The summed E-state index contributed by atoms with van der Waals surface area (Å²) < 4.78 is 71.5. The zero-order chi connectivity index (χ0) is 22.8. The number of amides is 1. The summed E-state index contributed by atoms with van der Waals surface area (Å²) in [5.74, 6) is -0.995. The van der Waals surface area contributed by atoms with Crippen LogP contribution in [0.1, 0.15) is 24.0 Å². The number of ether oxygens (including phenoxy) is 1. The maximum atomic E-state index is 13.2. The molecule has 3 rings (SSSR count). The number of alkyl halides is 3. The molecule has 0 aromatic heterocycles. The second-order valence-corrected chi connectivity index (χ2v) is 9.33. The number of anilines is 1. The molecule has 1 heterocycles. The Bertz CT molecular complexity index is 1070. The number of rotatable bonds is 5. The molecule has 2 aromatic carbocycles. The molecule has 1 N–H and O–H groups in total. The Hall–Kier alpha value is -2.59. The van der Waals surface area contributed by atoms with Gasteiger partial charge in [-0.2, -0.15) is 17.5 Å². The maximum absolute atomic E-state index is 13.2. The van der Waals surface area contributed by atoms with Crippen LogP contribution in [0.4, 0.5) is 18.9 Å². The van der Waals surface area contributed by atoms with Crippen LogP contribution >= 0.6 is 0 Å². The molecule has 10 heteroatoms. The standard InChI is InChI=1S/C21H23F3N2O4S/c1-14-8-9-18(30-2)19(11-14)31(28,29)26-10-4-5-15(13-26)20(27)25-17-7-3-6-16(12-17)21(22,23)24/h3,6-9,11-12,15H,4-5,10,13H2,1-2H3,(H,25,27)/t15-/m0/s1. The number of nitrogens with one attached hydrogen (secondary N) is 1. The summed E-state index contributed by atoms with van der Waals surface area (Å²) in [5.41, 5.74) is -0.111. The Morgan fingerprint density at radius 2 is 1.94 bits per heavy atom. The van der Waals surface area contributed by atoms with Crippen LogP contribution in [0.5, 0.6) is 5.75 Å². The van der Waals surface area contributed by atoms with Gasteiger partial charge in [0, 0.05) is 18.8 Å². The zero-order valence-electron chi connectivity index (χ0n) is 17.1. The van der Waals surface area contributed by atoms with Crippen LogP contribution in [0.3, 0.4) is 0 Å². The second-order valence-electron chi connectivity index (χ2n) is 7.42. The van der Waals surface area contributed by atoms with Gasteiger partial charge in [0.25, 0.3) is 0 Å². The van der Waals surface area contributed by atoms with Gasteiger partial charge in [-0.1, -0.05) is 12.1 Å². The molecular formula is C21H23F3N2O4S. The first-order chi connectivity index (χ1) is 14.5. The zero-order valence-corrected chi connectivity index (χ0v) is 17.9. The van der Waals surface area contributed by atoms with Gasteiger partial charge in [-0.05, 0) is 55.7 Å². The van der Waals surface area contributed by atoms with E-state index in [-0.39, 0.29) is 29.4 Å². The molecule has 6 nitrogen and oxygen atoms in total. The lowest BCUT2D eigenvalue weighted by atomic mass is 9.98. The molecule has 0 saturated carbocycles. The smallest absolute Gasteiger partial charge is 0.416 e. The van der Waals surface area contributed by atoms with E-state index >= 15 is 0 Å².